The Kier molecular flexibility index (Phi) is 16.5. The van der Waals surface area contributed by atoms with E-state index in [1.807, 2.05) is 0 Å². The van der Waals surface area contributed by atoms with Crippen molar-refractivity contribution >= 4 is 59.7 Å². The largest absolute Gasteiger partial charge is 0.663 e. The summed E-state index contributed by atoms with van der Waals surface area (Å²) in [4.78, 5) is 183. The van der Waals surface area contributed by atoms with E-state index in [1.165, 1.54) is 0 Å². The Morgan fingerprint density at radius 3 is 1.30 bits per heavy atom. The number of rotatable bonds is 20. The summed E-state index contributed by atoms with van der Waals surface area (Å²) in [6.45, 7) is -2.69. The summed E-state index contributed by atoms with van der Waals surface area (Å²) in [5.74, 6) is 0. The zero-order valence-corrected chi connectivity index (χ0v) is 32.0. The minimum atomic E-state index is -6.82. The molecule has 0 bridgehead atoms. The summed E-state index contributed by atoms with van der Waals surface area (Å²) >= 11 is 0. The molecule has 2 aromatic rings. The lowest BCUT2D eigenvalue weighted by molar-refractivity contribution is -0.479. The summed E-state index contributed by atoms with van der Waals surface area (Å²) < 4.78 is 59.9. The van der Waals surface area contributed by atoms with E-state index < -0.39 is 131 Å². The maximum Gasteiger partial charge on any atom is 0.472 e. The molecule has 1 unspecified atom stereocenters. The molecule has 30 nitrogen and oxygen atoms in total. The summed E-state index contributed by atoms with van der Waals surface area (Å²) in [6, 6.07) is 8.06. The van der Waals surface area contributed by atoms with E-state index in [0.717, 1.165) is 48.5 Å². The third kappa shape index (κ3) is 15.6. The second-order valence-corrected chi connectivity index (χ2v) is 17.8. The van der Waals surface area contributed by atoms with Crippen molar-refractivity contribution in [3.8, 4) is 0 Å². The van der Waals surface area contributed by atoms with E-state index in [9.17, 15) is 97.9 Å². The molecular formula is C20H21N2O28P6-7. The highest BCUT2D eigenvalue weighted by molar-refractivity contribution is 7.51. The van der Waals surface area contributed by atoms with Gasteiger partial charge in [-0.25, -0.2) is 31.7 Å². The Labute approximate surface area is 313 Å². The minimum absolute atomic E-state index is 0.520. The van der Waals surface area contributed by atoms with E-state index in [-0.39, 0.29) is 0 Å². The van der Waals surface area contributed by atoms with Gasteiger partial charge in [0.15, 0.2) is 32.6 Å². The van der Waals surface area contributed by atoms with Crippen molar-refractivity contribution in [1.29, 1.82) is 0 Å². The van der Waals surface area contributed by atoms with Crippen molar-refractivity contribution in [2.45, 2.75) is 49.8 Å². The summed E-state index contributed by atoms with van der Waals surface area (Å²) in [5.41, 5.74) is -2.64. The van der Waals surface area contributed by atoms with E-state index >= 15 is 0 Å². The van der Waals surface area contributed by atoms with Gasteiger partial charge < -0.3 is 68.5 Å². The second kappa shape index (κ2) is 18.9. The summed E-state index contributed by atoms with van der Waals surface area (Å²) in [6.07, 6.45) is -21.2. The highest BCUT2D eigenvalue weighted by Crippen LogP contribution is 2.58. The number of phosphoric acid groups is 6. The molecule has 1 aliphatic rings. The maximum absolute atomic E-state index is 13.2. The molecule has 0 aromatic heterocycles. The van der Waals surface area contributed by atoms with Gasteiger partial charge in [0.2, 0.25) is 0 Å². The topological polar surface area (TPSA) is 509 Å². The van der Waals surface area contributed by atoms with Crippen molar-refractivity contribution in [2.24, 2.45) is 0 Å². The van der Waals surface area contributed by atoms with Crippen LogP contribution in [0.25, 0.3) is 0 Å². The normalized spacial score (nSPS) is 23.8. The van der Waals surface area contributed by atoms with Crippen molar-refractivity contribution < 1.29 is 124 Å². The molecule has 2 aromatic carbocycles. The molecule has 0 heterocycles. The van der Waals surface area contributed by atoms with E-state index in [2.05, 4.69) is 36.2 Å². The lowest BCUT2D eigenvalue weighted by atomic mass is 9.85. The molecule has 3 N–H and O–H groups in total. The first kappa shape index (κ1) is 48.9. The van der Waals surface area contributed by atoms with Gasteiger partial charge in [0.25, 0.3) is 11.4 Å². The zero-order chi connectivity index (χ0) is 42.7. The molecule has 36 heteroatoms. The number of nitro benzene ring substituents is 2. The van der Waals surface area contributed by atoms with Gasteiger partial charge in [-0.2, -0.15) is 0 Å². The quantitative estimate of drug-likeness (QED) is 0.0631. The molecule has 0 amide bonds. The standard InChI is InChI=1S/C20H28N2O28P6/c23-21(24)13-7-3-1-5-11(13)9-43-55(39,40)49-19-17(47-53(33,34)35)15(45-51(27,28)29)16(46-52(30,31)32)18(48-54(36,37)38)20(19)50-56(41,42)44-10-12-6-2-4-8-14(12)22(25)26/h1-8,15-20H,9-10H2,(H,39,40)(H,41,42)(H2,27,28,29)(H2,30,31,32)(H2,33,34,35)(H2,36,37,38)/p-7/t15-,16+,17-,18-,19+,20+/m0/s1. The van der Waals surface area contributed by atoms with Crippen LogP contribution in [-0.2, 0) is 58.5 Å². The Balaban J connectivity index is 2.26. The van der Waals surface area contributed by atoms with Gasteiger partial charge in [-0.15, -0.1) is 0 Å². The van der Waals surface area contributed by atoms with Gasteiger partial charge in [0.1, 0.15) is 18.8 Å². The lowest BCUT2D eigenvalue weighted by Crippen LogP contribution is -2.69. The number of hydrogen-bond acceptors (Lipinski definition) is 25. The Bertz CT molecular complexity index is 1780. The summed E-state index contributed by atoms with van der Waals surface area (Å²) in [5, 5.41) is 22.7. The highest BCUT2D eigenvalue weighted by atomic mass is 31.2. The van der Waals surface area contributed by atoms with Crippen LogP contribution in [0.5, 0.6) is 0 Å². The van der Waals surface area contributed by atoms with E-state index in [0.29, 0.717) is 0 Å². The van der Waals surface area contributed by atoms with Gasteiger partial charge >= 0.3 is 15.6 Å². The van der Waals surface area contributed by atoms with Crippen LogP contribution in [0.2, 0.25) is 0 Å². The second-order valence-electron chi connectivity index (χ2n) is 10.5. The molecule has 316 valence electrons. The van der Waals surface area contributed by atoms with Gasteiger partial charge in [-0.05, 0) is 36.6 Å². The zero-order valence-electron chi connectivity index (χ0n) is 26.6. The van der Waals surface area contributed by atoms with Crippen LogP contribution < -0.4 is 53.8 Å². The average molecular weight is 923 g/mol. The third-order valence-corrected chi connectivity index (χ3v) is 10.5. The van der Waals surface area contributed by atoms with E-state index in [1.54, 1.807) is 0 Å². The number of nitrogens with zero attached hydrogens (tertiary/aromatic N) is 2. The lowest BCUT2D eigenvalue weighted by Gasteiger charge is -2.55. The molecule has 56 heavy (non-hydrogen) atoms. The molecular weight excluding hydrogens is 902 g/mol. The fraction of sp³-hybridized carbons (Fsp3) is 0.400. The fourth-order valence-corrected chi connectivity index (χ4v) is 8.71. The van der Waals surface area contributed by atoms with Gasteiger partial charge in [0, 0.05) is 12.1 Å². The molecule has 1 saturated carbocycles. The number of benzene rings is 2. The molecule has 0 aliphatic heterocycles. The monoisotopic (exact) mass is 923 g/mol. The number of phosphoric ester groups is 6. The number of para-hydroxylation sites is 2. The molecule has 1 aliphatic carbocycles. The first-order chi connectivity index (χ1) is 25.4. The predicted molar refractivity (Wildman–Crippen MR) is 155 cm³/mol. The van der Waals surface area contributed by atoms with Crippen LogP contribution in [-0.4, -0.2) is 61.2 Å². The first-order valence-electron chi connectivity index (χ1n) is 14.0. The van der Waals surface area contributed by atoms with Gasteiger partial charge in [-0.3, -0.25) is 33.8 Å². The van der Waals surface area contributed by atoms with Gasteiger partial charge in [-0.1, -0.05) is 24.3 Å². The van der Waals surface area contributed by atoms with E-state index in [4.69, 9.17) is 0 Å². The number of hydrogen-bond donors (Lipinski definition) is 3. The Hall–Kier alpha value is -1.46. The van der Waals surface area contributed by atoms with Crippen molar-refractivity contribution in [2.75, 3.05) is 0 Å². The van der Waals surface area contributed by atoms with Crippen LogP contribution in [0.15, 0.2) is 48.5 Å². The third-order valence-electron chi connectivity index (χ3n) is 6.60. The van der Waals surface area contributed by atoms with Crippen molar-refractivity contribution in [3.63, 3.8) is 0 Å². The Morgan fingerprint density at radius 2 is 0.911 bits per heavy atom. The Morgan fingerprint density at radius 1 is 0.554 bits per heavy atom. The molecule has 3 rings (SSSR count). The van der Waals surface area contributed by atoms with Crippen LogP contribution in [0.3, 0.4) is 0 Å². The average Bonchev–Trinajstić information content (AvgIpc) is 3.02. The molecule has 1 fully saturated rings. The van der Waals surface area contributed by atoms with Crippen LogP contribution in [0.4, 0.5) is 11.4 Å². The minimum Gasteiger partial charge on any atom is -0.663 e. The maximum atomic E-state index is 13.2. The van der Waals surface area contributed by atoms with Gasteiger partial charge in [0.05, 0.1) is 27.6 Å². The first-order valence-corrected chi connectivity index (χ1v) is 22.8. The van der Waals surface area contributed by atoms with Crippen molar-refractivity contribution in [1.82, 2.24) is 0 Å². The van der Waals surface area contributed by atoms with Crippen LogP contribution in [0, 0.1) is 20.2 Å². The number of nitro groups is 2. The molecule has 7 atom stereocenters. The highest BCUT2D eigenvalue weighted by Gasteiger charge is 2.63. The van der Waals surface area contributed by atoms with Crippen molar-refractivity contribution in [3.05, 3.63) is 79.9 Å². The molecule has 0 spiro atoms. The fourth-order valence-electron chi connectivity index (χ4n) is 4.73. The van der Waals surface area contributed by atoms with Crippen LogP contribution in [0.1, 0.15) is 11.1 Å². The predicted octanol–water partition coefficient (Wildman–Crippen LogP) is -7.57. The SMILES string of the molecule is O=[N+]([O-])c1ccccc1COP(=O)(O)O[C@@H]1[C@@H](O[P+]([O-])([O-])[O-])[C@H](O[P+]([O-])([O-])[O-])[C@H](O[P+]([O-])([O-])[O-])[C@H](OP(=O)(O)O)[C@H]1O[P+]([O-])([O-])OCc1ccccc1[N+](=O)[O-]. The molecule has 0 radical (unpaired) electrons. The smallest absolute Gasteiger partial charge is 0.472 e. The van der Waals surface area contributed by atoms with Crippen LogP contribution >= 0.6 is 48.3 Å². The summed E-state index contributed by atoms with van der Waals surface area (Å²) in [7, 11) is -39.4. The molecule has 0 saturated heterocycles.